The maximum absolute atomic E-state index is 12.8. The van der Waals surface area contributed by atoms with Gasteiger partial charge in [-0.2, -0.15) is 0 Å². The number of likely N-dealkylation sites (tertiary alicyclic amines) is 1. The van der Waals surface area contributed by atoms with Crippen molar-refractivity contribution in [2.45, 2.75) is 19.8 Å². The molecule has 1 aromatic carbocycles. The minimum absolute atomic E-state index is 0.0224. The van der Waals surface area contributed by atoms with Crippen LogP contribution in [0.1, 0.15) is 28.9 Å². The van der Waals surface area contributed by atoms with Crippen LogP contribution < -0.4 is 5.32 Å². The number of nitrogens with zero attached hydrogens (tertiary/aromatic N) is 4. The molecule has 0 atom stereocenters. The van der Waals surface area contributed by atoms with E-state index in [1.54, 1.807) is 29.4 Å². The predicted octanol–water partition coefficient (Wildman–Crippen LogP) is 3.34. The molecule has 0 unspecified atom stereocenters. The number of anilines is 1. The molecule has 1 saturated heterocycles. The maximum atomic E-state index is 12.8. The highest BCUT2D eigenvalue weighted by atomic mass is 16.2. The summed E-state index contributed by atoms with van der Waals surface area (Å²) >= 11 is 0. The first-order valence-corrected chi connectivity index (χ1v) is 10.0. The summed E-state index contributed by atoms with van der Waals surface area (Å²) in [5.41, 5.74) is 3.16. The molecule has 4 rings (SSSR count). The molecule has 0 radical (unpaired) electrons. The lowest BCUT2D eigenvalue weighted by molar-refractivity contribution is -0.121. The molecular formula is C23H23N5O2. The minimum atomic E-state index is -0.171. The van der Waals surface area contributed by atoms with Gasteiger partial charge in [0.05, 0.1) is 5.69 Å². The van der Waals surface area contributed by atoms with Crippen LogP contribution in [-0.2, 0) is 4.79 Å². The number of aryl methyl sites for hydroxylation is 1. The average Bonchev–Trinajstić information content (AvgIpc) is 2.79. The second kappa shape index (κ2) is 8.82. The third kappa shape index (κ3) is 4.51. The first-order chi connectivity index (χ1) is 14.6. The largest absolute Gasteiger partial charge is 0.339 e. The average molecular weight is 401 g/mol. The van der Waals surface area contributed by atoms with Crippen LogP contribution >= 0.6 is 0 Å². The third-order valence-electron chi connectivity index (χ3n) is 5.24. The number of hydrogen-bond donors (Lipinski definition) is 1. The Morgan fingerprint density at radius 1 is 1.00 bits per heavy atom. The summed E-state index contributed by atoms with van der Waals surface area (Å²) < 4.78 is 0. The topological polar surface area (TPSA) is 88.1 Å². The van der Waals surface area contributed by atoms with E-state index >= 15 is 0 Å². The zero-order valence-electron chi connectivity index (χ0n) is 16.8. The van der Waals surface area contributed by atoms with Crippen molar-refractivity contribution in [1.29, 1.82) is 0 Å². The van der Waals surface area contributed by atoms with E-state index in [0.717, 1.165) is 17.0 Å². The minimum Gasteiger partial charge on any atom is -0.339 e. The summed E-state index contributed by atoms with van der Waals surface area (Å²) in [5, 5.41) is 2.87. The molecule has 3 heterocycles. The second-order valence-electron chi connectivity index (χ2n) is 7.38. The van der Waals surface area contributed by atoms with Crippen molar-refractivity contribution < 1.29 is 9.59 Å². The van der Waals surface area contributed by atoms with Gasteiger partial charge in [-0.15, -0.1) is 0 Å². The second-order valence-corrected chi connectivity index (χ2v) is 7.38. The van der Waals surface area contributed by atoms with E-state index in [1.807, 2.05) is 43.3 Å². The molecule has 152 valence electrons. The van der Waals surface area contributed by atoms with Gasteiger partial charge in [0.25, 0.3) is 5.91 Å². The molecule has 1 aliphatic rings. The van der Waals surface area contributed by atoms with E-state index < -0.39 is 0 Å². The summed E-state index contributed by atoms with van der Waals surface area (Å²) in [5.74, 6) is 0.0197. The highest BCUT2D eigenvalue weighted by molar-refractivity contribution is 5.95. The lowest BCUT2D eigenvalue weighted by Crippen LogP contribution is -2.41. The molecule has 2 amide bonds. The van der Waals surface area contributed by atoms with Crippen LogP contribution in [0.4, 0.5) is 5.95 Å². The first kappa shape index (κ1) is 19.7. The van der Waals surface area contributed by atoms with Gasteiger partial charge in [0, 0.05) is 48.2 Å². The molecule has 1 aliphatic heterocycles. The van der Waals surface area contributed by atoms with Gasteiger partial charge in [0.2, 0.25) is 11.9 Å². The van der Waals surface area contributed by atoms with Crippen molar-refractivity contribution in [1.82, 2.24) is 19.9 Å². The number of benzene rings is 1. The third-order valence-corrected chi connectivity index (χ3v) is 5.24. The molecule has 7 nitrogen and oxygen atoms in total. The van der Waals surface area contributed by atoms with E-state index in [0.29, 0.717) is 37.4 Å². The highest BCUT2D eigenvalue weighted by Gasteiger charge is 2.28. The van der Waals surface area contributed by atoms with E-state index in [4.69, 9.17) is 0 Å². The Morgan fingerprint density at radius 2 is 1.70 bits per heavy atom. The van der Waals surface area contributed by atoms with E-state index in [2.05, 4.69) is 20.3 Å². The number of aromatic nitrogens is 3. The molecule has 1 fully saturated rings. The number of pyridine rings is 1. The lowest BCUT2D eigenvalue weighted by atomic mass is 9.95. The summed E-state index contributed by atoms with van der Waals surface area (Å²) in [6.45, 7) is 2.97. The number of carbonyl (C=O) groups is 2. The number of amides is 2. The fourth-order valence-electron chi connectivity index (χ4n) is 3.62. The lowest BCUT2D eigenvalue weighted by Gasteiger charge is -2.31. The molecule has 0 spiro atoms. The van der Waals surface area contributed by atoms with Crippen LogP contribution in [0.15, 0.2) is 60.9 Å². The number of nitrogens with one attached hydrogen (secondary N) is 1. The summed E-state index contributed by atoms with van der Waals surface area (Å²) in [4.78, 5) is 39.9. The van der Waals surface area contributed by atoms with Crippen molar-refractivity contribution >= 4 is 17.8 Å². The standard InChI is InChI=1S/C23H23N5O2/c1-16-15-20(17-5-3-2-4-6-17)26-23(25-16)27-21(29)18-9-13-28(14-10-18)22(30)19-7-11-24-12-8-19/h2-8,11-12,15,18H,9-10,13-14H2,1H3,(H,25,26,27,29). The van der Waals surface area contributed by atoms with Gasteiger partial charge < -0.3 is 4.90 Å². The van der Waals surface area contributed by atoms with Crippen molar-refractivity contribution in [3.05, 3.63) is 72.2 Å². The highest BCUT2D eigenvalue weighted by Crippen LogP contribution is 2.22. The molecule has 3 aromatic rings. The maximum Gasteiger partial charge on any atom is 0.253 e. The predicted molar refractivity (Wildman–Crippen MR) is 114 cm³/mol. The number of rotatable bonds is 4. The summed E-state index contributed by atoms with van der Waals surface area (Å²) in [6, 6.07) is 15.1. The van der Waals surface area contributed by atoms with Gasteiger partial charge in [0.15, 0.2) is 0 Å². The Morgan fingerprint density at radius 3 is 2.40 bits per heavy atom. The van der Waals surface area contributed by atoms with Crippen molar-refractivity contribution in [3.8, 4) is 11.3 Å². The van der Waals surface area contributed by atoms with E-state index in [1.165, 1.54) is 0 Å². The fourth-order valence-corrected chi connectivity index (χ4v) is 3.62. The van der Waals surface area contributed by atoms with Crippen LogP contribution in [0.25, 0.3) is 11.3 Å². The van der Waals surface area contributed by atoms with E-state index in [9.17, 15) is 9.59 Å². The van der Waals surface area contributed by atoms with Crippen LogP contribution in [0.5, 0.6) is 0 Å². The van der Waals surface area contributed by atoms with Crippen LogP contribution in [0.2, 0.25) is 0 Å². The summed E-state index contributed by atoms with van der Waals surface area (Å²) in [6.07, 6.45) is 4.44. The molecule has 1 N–H and O–H groups in total. The molecule has 7 heteroatoms. The molecular weight excluding hydrogens is 378 g/mol. The van der Waals surface area contributed by atoms with Gasteiger partial charge in [-0.1, -0.05) is 30.3 Å². The Balaban J connectivity index is 1.38. The zero-order chi connectivity index (χ0) is 20.9. The van der Waals surface area contributed by atoms with Crippen molar-refractivity contribution in [3.63, 3.8) is 0 Å². The molecule has 30 heavy (non-hydrogen) atoms. The summed E-state index contributed by atoms with van der Waals surface area (Å²) in [7, 11) is 0. The number of carbonyl (C=O) groups excluding carboxylic acids is 2. The van der Waals surface area contributed by atoms with Gasteiger partial charge >= 0.3 is 0 Å². The Kier molecular flexibility index (Phi) is 5.79. The van der Waals surface area contributed by atoms with Crippen LogP contribution in [-0.4, -0.2) is 44.8 Å². The van der Waals surface area contributed by atoms with Crippen molar-refractivity contribution in [2.75, 3.05) is 18.4 Å². The molecule has 0 saturated carbocycles. The van der Waals surface area contributed by atoms with Gasteiger partial charge in [-0.05, 0) is 38.0 Å². The smallest absolute Gasteiger partial charge is 0.253 e. The fraction of sp³-hybridized carbons (Fsp3) is 0.261. The van der Waals surface area contributed by atoms with Crippen LogP contribution in [0, 0.1) is 12.8 Å². The molecule has 0 bridgehead atoms. The van der Waals surface area contributed by atoms with Gasteiger partial charge in [-0.25, -0.2) is 9.97 Å². The normalized spacial score (nSPS) is 14.4. The SMILES string of the molecule is Cc1cc(-c2ccccc2)nc(NC(=O)C2CCN(C(=O)c3ccncc3)CC2)n1. The molecule has 0 aliphatic carbocycles. The Bertz CT molecular complexity index is 1030. The quantitative estimate of drug-likeness (QED) is 0.724. The number of hydrogen-bond acceptors (Lipinski definition) is 5. The number of piperidine rings is 1. The van der Waals surface area contributed by atoms with Gasteiger partial charge in [0.1, 0.15) is 0 Å². The Hall–Kier alpha value is -3.61. The van der Waals surface area contributed by atoms with E-state index in [-0.39, 0.29) is 17.7 Å². The van der Waals surface area contributed by atoms with Crippen molar-refractivity contribution in [2.24, 2.45) is 5.92 Å². The molecule has 2 aromatic heterocycles. The zero-order valence-corrected chi connectivity index (χ0v) is 16.8. The van der Waals surface area contributed by atoms with Gasteiger partial charge in [-0.3, -0.25) is 19.9 Å². The first-order valence-electron chi connectivity index (χ1n) is 10.0. The monoisotopic (exact) mass is 401 g/mol. The Labute approximate surface area is 175 Å². The van der Waals surface area contributed by atoms with Crippen LogP contribution in [0.3, 0.4) is 0 Å².